The van der Waals surface area contributed by atoms with Gasteiger partial charge in [-0.05, 0) is 12.1 Å². The van der Waals surface area contributed by atoms with E-state index in [1.807, 2.05) is 0 Å². The van der Waals surface area contributed by atoms with Crippen LogP contribution in [-0.2, 0) is 4.79 Å². The number of nitrogens with two attached hydrogens (primary N) is 1. The summed E-state index contributed by atoms with van der Waals surface area (Å²) < 4.78 is 5.13. The summed E-state index contributed by atoms with van der Waals surface area (Å²) >= 11 is 0. The molecule has 0 aliphatic carbocycles. The highest BCUT2D eigenvalue weighted by Crippen LogP contribution is 2.16. The summed E-state index contributed by atoms with van der Waals surface area (Å²) in [4.78, 5) is 18.7. The van der Waals surface area contributed by atoms with Crippen LogP contribution in [0.2, 0.25) is 0 Å². The van der Waals surface area contributed by atoms with Crippen LogP contribution in [0.15, 0.2) is 30.6 Å². The average molecular weight is 203 g/mol. The molecule has 2 aromatic rings. The number of fused-ring (bicyclic) bond motifs is 1. The van der Waals surface area contributed by atoms with Crippen molar-refractivity contribution in [3.8, 4) is 5.75 Å². The average Bonchev–Trinajstić information content (AvgIpc) is 2.26. The van der Waals surface area contributed by atoms with Gasteiger partial charge in [-0.15, -0.1) is 0 Å². The normalized spacial score (nSPS) is 10.1. The molecule has 0 atom stereocenters. The summed E-state index contributed by atoms with van der Waals surface area (Å²) in [6.45, 7) is -0.133. The molecule has 0 unspecified atom stereocenters. The number of benzene rings is 1. The number of ether oxygens (including phenoxy) is 1. The van der Waals surface area contributed by atoms with Crippen molar-refractivity contribution >= 4 is 16.9 Å². The van der Waals surface area contributed by atoms with Crippen LogP contribution in [0.5, 0.6) is 5.75 Å². The fourth-order valence-corrected chi connectivity index (χ4v) is 1.19. The first-order valence-electron chi connectivity index (χ1n) is 4.37. The van der Waals surface area contributed by atoms with E-state index in [4.69, 9.17) is 10.5 Å². The molecule has 0 saturated carbocycles. The third kappa shape index (κ3) is 2.19. The van der Waals surface area contributed by atoms with Gasteiger partial charge in [-0.1, -0.05) is 0 Å². The first-order valence-corrected chi connectivity index (χ1v) is 4.37. The van der Waals surface area contributed by atoms with E-state index in [0.717, 1.165) is 11.0 Å². The van der Waals surface area contributed by atoms with Crippen molar-refractivity contribution in [2.75, 3.05) is 6.61 Å². The Balaban J connectivity index is 2.26. The molecule has 0 spiro atoms. The topological polar surface area (TPSA) is 78.1 Å². The van der Waals surface area contributed by atoms with Gasteiger partial charge in [-0.2, -0.15) is 0 Å². The Morgan fingerprint density at radius 3 is 2.73 bits per heavy atom. The third-order valence-electron chi connectivity index (χ3n) is 1.82. The number of carbonyl (C=O) groups is 1. The molecule has 1 heterocycles. The minimum absolute atomic E-state index is 0.133. The summed E-state index contributed by atoms with van der Waals surface area (Å²) in [6.07, 6.45) is 3.21. The largest absolute Gasteiger partial charge is 0.484 e. The van der Waals surface area contributed by atoms with Crippen molar-refractivity contribution in [3.05, 3.63) is 30.6 Å². The summed E-state index contributed by atoms with van der Waals surface area (Å²) in [6, 6.07) is 5.21. The molecule has 0 saturated heterocycles. The van der Waals surface area contributed by atoms with E-state index in [2.05, 4.69) is 9.97 Å². The Hall–Kier alpha value is -2.17. The maximum absolute atomic E-state index is 10.5. The summed E-state index contributed by atoms with van der Waals surface area (Å²) in [5, 5.41) is 0. The molecular formula is C10H9N3O2. The maximum atomic E-state index is 10.5. The van der Waals surface area contributed by atoms with Crippen molar-refractivity contribution in [1.29, 1.82) is 0 Å². The van der Waals surface area contributed by atoms with Gasteiger partial charge in [0.05, 0.1) is 11.0 Å². The standard InChI is InChI=1S/C10H9N3O2/c11-10(14)6-15-7-1-2-8-9(5-7)13-4-3-12-8/h1-5H,6H2,(H2,11,14). The summed E-state index contributed by atoms with van der Waals surface area (Å²) in [5.74, 6) is 0.0519. The lowest BCUT2D eigenvalue weighted by molar-refractivity contribution is -0.119. The number of rotatable bonds is 3. The number of hydrogen-bond donors (Lipinski definition) is 1. The van der Waals surface area contributed by atoms with Crippen LogP contribution >= 0.6 is 0 Å². The Labute approximate surface area is 85.9 Å². The zero-order valence-electron chi connectivity index (χ0n) is 7.88. The molecule has 1 aromatic carbocycles. The van der Waals surface area contributed by atoms with E-state index in [1.54, 1.807) is 30.6 Å². The van der Waals surface area contributed by atoms with Crippen molar-refractivity contribution in [2.24, 2.45) is 5.73 Å². The highest BCUT2D eigenvalue weighted by molar-refractivity contribution is 5.77. The maximum Gasteiger partial charge on any atom is 0.255 e. The minimum atomic E-state index is -0.505. The second kappa shape index (κ2) is 3.91. The fourth-order valence-electron chi connectivity index (χ4n) is 1.19. The van der Waals surface area contributed by atoms with E-state index < -0.39 is 5.91 Å². The number of aromatic nitrogens is 2. The molecule has 0 fully saturated rings. The van der Waals surface area contributed by atoms with Crippen LogP contribution in [0.25, 0.3) is 11.0 Å². The second-order valence-corrected chi connectivity index (χ2v) is 2.96. The molecule has 1 aromatic heterocycles. The number of amides is 1. The molecular weight excluding hydrogens is 194 g/mol. The number of primary amides is 1. The number of carbonyl (C=O) groups excluding carboxylic acids is 1. The molecule has 76 valence electrons. The lowest BCUT2D eigenvalue weighted by Crippen LogP contribution is -2.19. The third-order valence-corrected chi connectivity index (χ3v) is 1.82. The molecule has 2 N–H and O–H groups in total. The van der Waals surface area contributed by atoms with Gasteiger partial charge in [0.25, 0.3) is 5.91 Å². The first kappa shape index (κ1) is 9.39. The van der Waals surface area contributed by atoms with E-state index in [1.165, 1.54) is 0 Å². The molecule has 5 heteroatoms. The van der Waals surface area contributed by atoms with E-state index >= 15 is 0 Å². The van der Waals surface area contributed by atoms with E-state index in [0.29, 0.717) is 5.75 Å². The van der Waals surface area contributed by atoms with E-state index in [-0.39, 0.29) is 6.61 Å². The van der Waals surface area contributed by atoms with Gasteiger partial charge in [0.15, 0.2) is 6.61 Å². The molecule has 0 aliphatic heterocycles. The highest BCUT2D eigenvalue weighted by atomic mass is 16.5. The van der Waals surface area contributed by atoms with Crippen LogP contribution in [0, 0.1) is 0 Å². The van der Waals surface area contributed by atoms with Crippen LogP contribution < -0.4 is 10.5 Å². The van der Waals surface area contributed by atoms with Gasteiger partial charge >= 0.3 is 0 Å². The lowest BCUT2D eigenvalue weighted by Gasteiger charge is -2.03. The van der Waals surface area contributed by atoms with E-state index in [9.17, 15) is 4.79 Å². The van der Waals surface area contributed by atoms with Gasteiger partial charge < -0.3 is 10.5 Å². The van der Waals surface area contributed by atoms with Gasteiger partial charge in [0.1, 0.15) is 5.75 Å². The smallest absolute Gasteiger partial charge is 0.255 e. The van der Waals surface area contributed by atoms with Crippen LogP contribution in [0.4, 0.5) is 0 Å². The van der Waals surface area contributed by atoms with Gasteiger partial charge in [-0.25, -0.2) is 0 Å². The summed E-state index contributed by atoms with van der Waals surface area (Å²) in [5.41, 5.74) is 6.46. The predicted molar refractivity (Wildman–Crippen MR) is 54.2 cm³/mol. The quantitative estimate of drug-likeness (QED) is 0.787. The van der Waals surface area contributed by atoms with Crippen LogP contribution in [-0.4, -0.2) is 22.5 Å². The Kier molecular flexibility index (Phi) is 2.45. The zero-order valence-corrected chi connectivity index (χ0v) is 7.88. The van der Waals surface area contributed by atoms with Gasteiger partial charge in [-0.3, -0.25) is 14.8 Å². The SMILES string of the molecule is NC(=O)COc1ccc2nccnc2c1. The molecule has 15 heavy (non-hydrogen) atoms. The fraction of sp³-hybridized carbons (Fsp3) is 0.100. The monoisotopic (exact) mass is 203 g/mol. The van der Waals surface area contributed by atoms with Crippen molar-refractivity contribution in [1.82, 2.24) is 9.97 Å². The van der Waals surface area contributed by atoms with Gasteiger partial charge in [0, 0.05) is 18.5 Å². The second-order valence-electron chi connectivity index (χ2n) is 2.96. The first-order chi connectivity index (χ1) is 7.25. The van der Waals surface area contributed by atoms with Crippen molar-refractivity contribution in [2.45, 2.75) is 0 Å². The van der Waals surface area contributed by atoms with Crippen molar-refractivity contribution < 1.29 is 9.53 Å². The number of hydrogen-bond acceptors (Lipinski definition) is 4. The highest BCUT2D eigenvalue weighted by Gasteiger charge is 2.00. The molecule has 1 amide bonds. The minimum Gasteiger partial charge on any atom is -0.484 e. The number of nitrogens with zero attached hydrogens (tertiary/aromatic N) is 2. The Morgan fingerprint density at radius 2 is 2.00 bits per heavy atom. The lowest BCUT2D eigenvalue weighted by atomic mass is 10.3. The Morgan fingerprint density at radius 1 is 1.27 bits per heavy atom. The molecule has 2 rings (SSSR count). The van der Waals surface area contributed by atoms with Crippen LogP contribution in [0.3, 0.4) is 0 Å². The van der Waals surface area contributed by atoms with Crippen molar-refractivity contribution in [3.63, 3.8) is 0 Å². The Bertz CT molecular complexity index is 499. The molecule has 0 bridgehead atoms. The van der Waals surface area contributed by atoms with Gasteiger partial charge in [0.2, 0.25) is 0 Å². The molecule has 5 nitrogen and oxygen atoms in total. The summed E-state index contributed by atoms with van der Waals surface area (Å²) in [7, 11) is 0. The molecule has 0 radical (unpaired) electrons. The molecule has 0 aliphatic rings. The predicted octanol–water partition coefficient (Wildman–Crippen LogP) is 0.494. The van der Waals surface area contributed by atoms with Crippen LogP contribution in [0.1, 0.15) is 0 Å². The zero-order chi connectivity index (χ0) is 10.7.